The van der Waals surface area contributed by atoms with Gasteiger partial charge in [-0.3, -0.25) is 9.59 Å². The highest BCUT2D eigenvalue weighted by Crippen LogP contribution is 2.23. The number of nitrogens with one attached hydrogen (secondary N) is 2. The SMILES string of the molecule is COc1ccccc1NC(=O)/C=C/c1ccc(C(=O)NC2CC2)cc1. The fourth-order valence-electron chi connectivity index (χ4n) is 2.34. The number of amides is 2. The average Bonchev–Trinajstić information content (AvgIpc) is 3.45. The minimum Gasteiger partial charge on any atom is -0.495 e. The molecule has 0 atom stereocenters. The fourth-order valence-corrected chi connectivity index (χ4v) is 2.34. The number of methoxy groups -OCH3 is 1. The summed E-state index contributed by atoms with van der Waals surface area (Å²) in [5.74, 6) is 0.308. The second-order valence-corrected chi connectivity index (χ2v) is 5.89. The van der Waals surface area contributed by atoms with Crippen molar-refractivity contribution in [2.45, 2.75) is 18.9 Å². The number of hydrogen-bond donors (Lipinski definition) is 2. The molecule has 0 aromatic heterocycles. The largest absolute Gasteiger partial charge is 0.495 e. The minimum atomic E-state index is -0.250. The highest BCUT2D eigenvalue weighted by Gasteiger charge is 2.23. The van der Waals surface area contributed by atoms with Crippen LogP contribution in [-0.4, -0.2) is 25.0 Å². The molecule has 0 unspecified atom stereocenters. The number of ether oxygens (including phenoxy) is 1. The van der Waals surface area contributed by atoms with Crippen LogP contribution < -0.4 is 15.4 Å². The van der Waals surface area contributed by atoms with E-state index in [-0.39, 0.29) is 11.8 Å². The van der Waals surface area contributed by atoms with Gasteiger partial charge in [0.15, 0.2) is 0 Å². The van der Waals surface area contributed by atoms with E-state index < -0.39 is 0 Å². The van der Waals surface area contributed by atoms with E-state index in [2.05, 4.69) is 10.6 Å². The Hall–Kier alpha value is -3.08. The molecule has 0 bridgehead atoms. The van der Waals surface area contributed by atoms with Crippen molar-refractivity contribution in [3.05, 3.63) is 65.7 Å². The molecule has 1 fully saturated rings. The summed E-state index contributed by atoms with van der Waals surface area (Å²) in [6.45, 7) is 0. The quantitative estimate of drug-likeness (QED) is 0.796. The first-order valence-corrected chi connectivity index (χ1v) is 8.19. The van der Waals surface area contributed by atoms with Crippen molar-refractivity contribution in [3.8, 4) is 5.75 Å². The minimum absolute atomic E-state index is 0.0491. The Bertz CT molecular complexity index is 793. The zero-order valence-corrected chi connectivity index (χ0v) is 14.0. The molecule has 1 aliphatic rings. The van der Waals surface area contributed by atoms with Gasteiger partial charge in [-0.2, -0.15) is 0 Å². The summed E-state index contributed by atoms with van der Waals surface area (Å²) in [5, 5.41) is 5.72. The van der Waals surface area contributed by atoms with Gasteiger partial charge in [0.2, 0.25) is 5.91 Å². The van der Waals surface area contributed by atoms with E-state index in [9.17, 15) is 9.59 Å². The second kappa shape index (κ2) is 7.66. The summed E-state index contributed by atoms with van der Waals surface area (Å²) in [6, 6.07) is 14.7. The maximum atomic E-state index is 12.0. The maximum absolute atomic E-state index is 12.0. The molecule has 5 nitrogen and oxygen atoms in total. The molecule has 0 spiro atoms. The van der Waals surface area contributed by atoms with Gasteiger partial charge in [0.25, 0.3) is 5.91 Å². The number of carbonyl (C=O) groups is 2. The Morgan fingerprint density at radius 2 is 1.80 bits per heavy atom. The van der Waals surface area contributed by atoms with Gasteiger partial charge >= 0.3 is 0 Å². The van der Waals surface area contributed by atoms with E-state index in [0.29, 0.717) is 23.0 Å². The first-order chi connectivity index (χ1) is 12.2. The van der Waals surface area contributed by atoms with Crippen LogP contribution in [0.3, 0.4) is 0 Å². The average molecular weight is 336 g/mol. The second-order valence-electron chi connectivity index (χ2n) is 5.89. The van der Waals surface area contributed by atoms with E-state index >= 15 is 0 Å². The molecule has 0 radical (unpaired) electrons. The molecule has 1 saturated carbocycles. The summed E-state index contributed by atoms with van der Waals surface area (Å²) >= 11 is 0. The van der Waals surface area contributed by atoms with Crippen LogP contribution in [0.1, 0.15) is 28.8 Å². The zero-order valence-electron chi connectivity index (χ0n) is 14.0. The van der Waals surface area contributed by atoms with Gasteiger partial charge in [-0.05, 0) is 48.7 Å². The number of para-hydroxylation sites is 2. The Labute approximate surface area is 146 Å². The third-order valence-corrected chi connectivity index (χ3v) is 3.88. The van der Waals surface area contributed by atoms with Crippen LogP contribution in [-0.2, 0) is 4.79 Å². The fraction of sp³-hybridized carbons (Fsp3) is 0.200. The summed E-state index contributed by atoms with van der Waals surface area (Å²) in [6.07, 6.45) is 5.28. The van der Waals surface area contributed by atoms with E-state index in [0.717, 1.165) is 18.4 Å². The molecule has 5 heteroatoms. The van der Waals surface area contributed by atoms with E-state index in [1.54, 1.807) is 37.5 Å². The monoisotopic (exact) mass is 336 g/mol. The van der Waals surface area contributed by atoms with Crippen LogP contribution in [0.2, 0.25) is 0 Å². The van der Waals surface area contributed by atoms with Gasteiger partial charge in [-0.25, -0.2) is 0 Å². The van der Waals surface area contributed by atoms with Crippen molar-refractivity contribution in [1.29, 1.82) is 0 Å². The van der Waals surface area contributed by atoms with Crippen molar-refractivity contribution in [2.75, 3.05) is 12.4 Å². The molecule has 2 amide bonds. The van der Waals surface area contributed by atoms with Crippen molar-refractivity contribution in [1.82, 2.24) is 5.32 Å². The lowest BCUT2D eigenvalue weighted by Gasteiger charge is -2.07. The number of benzene rings is 2. The first kappa shape index (κ1) is 16.8. The van der Waals surface area contributed by atoms with Crippen LogP contribution in [0.25, 0.3) is 6.08 Å². The molecule has 2 N–H and O–H groups in total. The number of rotatable bonds is 6. The van der Waals surface area contributed by atoms with Crippen LogP contribution in [0.15, 0.2) is 54.6 Å². The van der Waals surface area contributed by atoms with E-state index in [1.807, 2.05) is 24.3 Å². The van der Waals surface area contributed by atoms with E-state index in [4.69, 9.17) is 4.74 Å². The summed E-state index contributed by atoms with van der Waals surface area (Å²) in [4.78, 5) is 24.0. The predicted octanol–water partition coefficient (Wildman–Crippen LogP) is 3.24. The molecule has 0 aliphatic heterocycles. The van der Waals surface area contributed by atoms with Crippen molar-refractivity contribution in [2.24, 2.45) is 0 Å². The van der Waals surface area contributed by atoms with Crippen molar-refractivity contribution >= 4 is 23.6 Å². The number of carbonyl (C=O) groups excluding carboxylic acids is 2. The topological polar surface area (TPSA) is 67.4 Å². The van der Waals surface area contributed by atoms with Crippen LogP contribution in [0.5, 0.6) is 5.75 Å². The van der Waals surface area contributed by atoms with Crippen LogP contribution >= 0.6 is 0 Å². The third kappa shape index (κ3) is 4.70. The lowest BCUT2D eigenvalue weighted by Crippen LogP contribution is -2.25. The summed E-state index contributed by atoms with van der Waals surface area (Å²) in [7, 11) is 1.56. The lowest BCUT2D eigenvalue weighted by molar-refractivity contribution is -0.111. The number of hydrogen-bond acceptors (Lipinski definition) is 3. The Balaban J connectivity index is 1.59. The summed E-state index contributed by atoms with van der Waals surface area (Å²) < 4.78 is 5.20. The molecule has 3 rings (SSSR count). The highest BCUT2D eigenvalue weighted by molar-refractivity contribution is 6.02. The highest BCUT2D eigenvalue weighted by atomic mass is 16.5. The van der Waals surface area contributed by atoms with Gasteiger partial charge in [0.05, 0.1) is 12.8 Å². The molecule has 25 heavy (non-hydrogen) atoms. The zero-order chi connectivity index (χ0) is 17.6. The molecule has 2 aromatic rings. The van der Waals surface area contributed by atoms with Gasteiger partial charge < -0.3 is 15.4 Å². The van der Waals surface area contributed by atoms with Crippen LogP contribution in [0, 0.1) is 0 Å². The molecule has 1 aliphatic carbocycles. The Morgan fingerprint density at radius 3 is 2.48 bits per heavy atom. The van der Waals surface area contributed by atoms with Gasteiger partial charge in [0.1, 0.15) is 5.75 Å². The molecular weight excluding hydrogens is 316 g/mol. The first-order valence-electron chi connectivity index (χ1n) is 8.19. The molecule has 0 saturated heterocycles. The molecular formula is C20H20N2O3. The predicted molar refractivity (Wildman–Crippen MR) is 97.6 cm³/mol. The van der Waals surface area contributed by atoms with Gasteiger partial charge in [-0.1, -0.05) is 24.3 Å². The lowest BCUT2D eigenvalue weighted by atomic mass is 10.1. The summed E-state index contributed by atoms with van der Waals surface area (Å²) in [5.41, 5.74) is 2.09. The maximum Gasteiger partial charge on any atom is 0.251 e. The smallest absolute Gasteiger partial charge is 0.251 e. The normalized spacial score (nSPS) is 13.5. The Morgan fingerprint density at radius 1 is 1.08 bits per heavy atom. The number of anilines is 1. The van der Waals surface area contributed by atoms with Crippen molar-refractivity contribution in [3.63, 3.8) is 0 Å². The Kier molecular flexibility index (Phi) is 5.14. The molecule has 2 aromatic carbocycles. The van der Waals surface area contributed by atoms with Gasteiger partial charge in [0, 0.05) is 17.7 Å². The van der Waals surface area contributed by atoms with Crippen LogP contribution in [0.4, 0.5) is 5.69 Å². The molecule has 0 heterocycles. The third-order valence-electron chi connectivity index (χ3n) is 3.88. The van der Waals surface area contributed by atoms with Crippen molar-refractivity contribution < 1.29 is 14.3 Å². The van der Waals surface area contributed by atoms with E-state index in [1.165, 1.54) is 6.08 Å². The van der Waals surface area contributed by atoms with Gasteiger partial charge in [-0.15, -0.1) is 0 Å². The standard InChI is InChI=1S/C20H20N2O3/c1-25-18-5-3-2-4-17(18)22-19(23)13-8-14-6-9-15(10-7-14)20(24)21-16-11-12-16/h2-10,13,16H,11-12H2,1H3,(H,21,24)(H,22,23)/b13-8+. The molecule has 128 valence electrons.